The van der Waals surface area contributed by atoms with Crippen LogP contribution in [0.25, 0.3) is 0 Å². The number of carbonyl (C=O) groups is 1. The minimum Gasteiger partial charge on any atom is -0.463 e. The Balaban J connectivity index is 1.55. The molecular formula is C21H29NO3. The molecule has 0 spiro atoms. The van der Waals surface area contributed by atoms with E-state index in [1.807, 2.05) is 25.1 Å². The highest BCUT2D eigenvalue weighted by Gasteiger charge is 2.34. The molecule has 1 aromatic rings. The summed E-state index contributed by atoms with van der Waals surface area (Å²) in [5.41, 5.74) is 3.32. The van der Waals surface area contributed by atoms with Gasteiger partial charge in [0.15, 0.2) is 0 Å². The number of hydrogen-bond donors (Lipinski definition) is 0. The third-order valence-electron chi connectivity index (χ3n) is 5.14. The van der Waals surface area contributed by atoms with Gasteiger partial charge in [-0.25, -0.2) is 4.79 Å². The lowest BCUT2D eigenvalue weighted by Gasteiger charge is -2.35. The molecule has 2 aliphatic rings. The standard InChI is InChI=1S/C21H29NO3/c1-2-25-21(23)19-13-12-18-10-6-14-22(18)20(19)11-7-15-24-16-17-8-4-3-5-9-17/h3-5,8-9,18H,2,6-7,10-16H2,1H3/t18-/m1/s1. The van der Waals surface area contributed by atoms with Gasteiger partial charge < -0.3 is 14.4 Å². The molecule has 3 rings (SSSR count). The van der Waals surface area contributed by atoms with E-state index in [9.17, 15) is 4.79 Å². The van der Waals surface area contributed by atoms with E-state index >= 15 is 0 Å². The zero-order valence-electron chi connectivity index (χ0n) is 15.2. The van der Waals surface area contributed by atoms with Crippen molar-refractivity contribution in [1.82, 2.24) is 4.90 Å². The molecule has 0 unspecified atom stereocenters. The smallest absolute Gasteiger partial charge is 0.335 e. The van der Waals surface area contributed by atoms with E-state index in [0.717, 1.165) is 37.8 Å². The largest absolute Gasteiger partial charge is 0.463 e. The van der Waals surface area contributed by atoms with E-state index in [-0.39, 0.29) is 5.97 Å². The summed E-state index contributed by atoms with van der Waals surface area (Å²) in [5, 5.41) is 0. The van der Waals surface area contributed by atoms with Crippen LogP contribution in [0.3, 0.4) is 0 Å². The van der Waals surface area contributed by atoms with Gasteiger partial charge in [0.25, 0.3) is 0 Å². The SMILES string of the molecule is CCOC(=O)C1=C(CCCOCc2ccccc2)N2CCC[C@@H]2CC1. The summed E-state index contributed by atoms with van der Waals surface area (Å²) < 4.78 is 11.1. The molecule has 0 amide bonds. The second-order valence-corrected chi connectivity index (χ2v) is 6.82. The molecule has 0 aromatic heterocycles. The molecule has 1 aromatic carbocycles. The molecule has 25 heavy (non-hydrogen) atoms. The summed E-state index contributed by atoms with van der Waals surface area (Å²) in [5.74, 6) is -0.118. The maximum absolute atomic E-state index is 12.3. The van der Waals surface area contributed by atoms with Gasteiger partial charge in [-0.15, -0.1) is 0 Å². The van der Waals surface area contributed by atoms with Gasteiger partial charge in [0, 0.05) is 24.9 Å². The number of esters is 1. The summed E-state index contributed by atoms with van der Waals surface area (Å²) in [6, 6.07) is 10.9. The molecule has 0 N–H and O–H groups in total. The normalized spacial score (nSPS) is 19.9. The predicted octanol–water partition coefficient (Wildman–Crippen LogP) is 4.06. The van der Waals surface area contributed by atoms with Crippen molar-refractivity contribution >= 4 is 5.97 Å². The van der Waals surface area contributed by atoms with Crippen LogP contribution in [-0.2, 0) is 20.9 Å². The quantitative estimate of drug-likeness (QED) is 0.527. The zero-order valence-corrected chi connectivity index (χ0v) is 15.2. The van der Waals surface area contributed by atoms with Gasteiger partial charge in [0.2, 0.25) is 0 Å². The fourth-order valence-corrected chi connectivity index (χ4v) is 3.96. The number of ether oxygens (including phenoxy) is 2. The molecule has 1 saturated heterocycles. The Kier molecular flexibility index (Phi) is 6.51. The van der Waals surface area contributed by atoms with E-state index in [0.29, 0.717) is 25.9 Å². The van der Waals surface area contributed by atoms with Gasteiger partial charge in [-0.3, -0.25) is 0 Å². The minimum atomic E-state index is -0.118. The van der Waals surface area contributed by atoms with Crippen molar-refractivity contribution < 1.29 is 14.3 Å². The van der Waals surface area contributed by atoms with Crippen LogP contribution in [-0.4, -0.2) is 36.7 Å². The summed E-state index contributed by atoms with van der Waals surface area (Å²) >= 11 is 0. The van der Waals surface area contributed by atoms with Crippen LogP contribution in [0.1, 0.15) is 51.0 Å². The minimum absolute atomic E-state index is 0.118. The van der Waals surface area contributed by atoms with Crippen molar-refractivity contribution in [3.8, 4) is 0 Å². The van der Waals surface area contributed by atoms with E-state index in [1.165, 1.54) is 24.1 Å². The van der Waals surface area contributed by atoms with Crippen LogP contribution in [0.5, 0.6) is 0 Å². The number of benzene rings is 1. The van der Waals surface area contributed by atoms with Gasteiger partial charge >= 0.3 is 5.97 Å². The lowest BCUT2D eigenvalue weighted by atomic mass is 9.94. The fraction of sp³-hybridized carbons (Fsp3) is 0.571. The maximum atomic E-state index is 12.3. The molecule has 0 saturated carbocycles. The molecule has 4 nitrogen and oxygen atoms in total. The number of hydrogen-bond acceptors (Lipinski definition) is 4. The molecule has 4 heteroatoms. The van der Waals surface area contributed by atoms with Gasteiger partial charge in [0.1, 0.15) is 0 Å². The monoisotopic (exact) mass is 343 g/mol. The number of fused-ring (bicyclic) bond motifs is 1. The fourth-order valence-electron chi connectivity index (χ4n) is 3.96. The Hall–Kier alpha value is -1.81. The number of rotatable bonds is 8. The summed E-state index contributed by atoms with van der Waals surface area (Å²) in [7, 11) is 0. The van der Waals surface area contributed by atoms with Crippen molar-refractivity contribution in [2.45, 2.75) is 58.1 Å². The van der Waals surface area contributed by atoms with Crippen LogP contribution >= 0.6 is 0 Å². The molecule has 0 bridgehead atoms. The Bertz CT molecular complexity index is 596. The Labute approximate surface area is 150 Å². The topological polar surface area (TPSA) is 38.8 Å². The van der Waals surface area contributed by atoms with Crippen LogP contribution in [0.4, 0.5) is 0 Å². The Morgan fingerprint density at radius 1 is 1.24 bits per heavy atom. The highest BCUT2D eigenvalue weighted by Crippen LogP contribution is 2.36. The van der Waals surface area contributed by atoms with Gasteiger partial charge in [-0.1, -0.05) is 30.3 Å². The lowest BCUT2D eigenvalue weighted by Crippen LogP contribution is -2.35. The molecule has 2 heterocycles. The van der Waals surface area contributed by atoms with Gasteiger partial charge in [0.05, 0.1) is 18.8 Å². The molecular weight excluding hydrogens is 314 g/mol. The summed E-state index contributed by atoms with van der Waals surface area (Å²) in [6.45, 7) is 4.76. The molecule has 1 fully saturated rings. The lowest BCUT2D eigenvalue weighted by molar-refractivity contribution is -0.139. The highest BCUT2D eigenvalue weighted by atomic mass is 16.5. The van der Waals surface area contributed by atoms with E-state index in [2.05, 4.69) is 17.0 Å². The van der Waals surface area contributed by atoms with Crippen LogP contribution < -0.4 is 0 Å². The average Bonchev–Trinajstić information content (AvgIpc) is 3.11. The van der Waals surface area contributed by atoms with Gasteiger partial charge in [-0.2, -0.15) is 0 Å². The first-order valence-electron chi connectivity index (χ1n) is 9.57. The number of carbonyl (C=O) groups excluding carboxylic acids is 1. The third-order valence-corrected chi connectivity index (χ3v) is 5.14. The molecule has 2 aliphatic heterocycles. The van der Waals surface area contributed by atoms with Crippen molar-refractivity contribution in [2.75, 3.05) is 19.8 Å². The highest BCUT2D eigenvalue weighted by molar-refractivity contribution is 5.89. The second-order valence-electron chi connectivity index (χ2n) is 6.82. The van der Waals surface area contributed by atoms with Crippen molar-refractivity contribution in [1.29, 1.82) is 0 Å². The first-order valence-corrected chi connectivity index (χ1v) is 9.57. The Morgan fingerprint density at radius 3 is 2.88 bits per heavy atom. The van der Waals surface area contributed by atoms with E-state index in [4.69, 9.17) is 9.47 Å². The predicted molar refractivity (Wildman–Crippen MR) is 98.0 cm³/mol. The average molecular weight is 343 g/mol. The first kappa shape index (κ1) is 18.0. The molecule has 0 radical (unpaired) electrons. The van der Waals surface area contributed by atoms with E-state index in [1.54, 1.807) is 0 Å². The van der Waals surface area contributed by atoms with Crippen LogP contribution in [0.2, 0.25) is 0 Å². The van der Waals surface area contributed by atoms with E-state index < -0.39 is 0 Å². The molecule has 1 atom stereocenters. The van der Waals surface area contributed by atoms with Crippen LogP contribution in [0, 0.1) is 0 Å². The summed E-state index contributed by atoms with van der Waals surface area (Å²) in [6.07, 6.45) is 6.27. The van der Waals surface area contributed by atoms with Crippen molar-refractivity contribution in [3.05, 3.63) is 47.2 Å². The summed E-state index contributed by atoms with van der Waals surface area (Å²) in [4.78, 5) is 14.8. The first-order chi connectivity index (χ1) is 12.3. The number of allylic oxidation sites excluding steroid dienone is 1. The van der Waals surface area contributed by atoms with Gasteiger partial charge in [-0.05, 0) is 51.0 Å². The number of nitrogens with zero attached hydrogens (tertiary/aromatic N) is 1. The van der Waals surface area contributed by atoms with Crippen LogP contribution in [0.15, 0.2) is 41.6 Å². The maximum Gasteiger partial charge on any atom is 0.335 e. The third kappa shape index (κ3) is 4.63. The van der Waals surface area contributed by atoms with Crippen molar-refractivity contribution in [2.24, 2.45) is 0 Å². The Morgan fingerprint density at radius 2 is 2.08 bits per heavy atom. The molecule has 136 valence electrons. The molecule has 0 aliphatic carbocycles. The second kappa shape index (κ2) is 9.04. The zero-order chi connectivity index (χ0) is 17.5. The van der Waals surface area contributed by atoms with Crippen molar-refractivity contribution in [3.63, 3.8) is 0 Å².